The van der Waals surface area contributed by atoms with Crippen LogP contribution < -0.4 is 5.73 Å². The fourth-order valence-electron chi connectivity index (χ4n) is 0.201. The molecule has 0 spiro atoms. The summed E-state index contributed by atoms with van der Waals surface area (Å²) in [6, 6.07) is 0. The van der Waals surface area contributed by atoms with E-state index in [-0.39, 0.29) is 5.97 Å². The second-order valence-electron chi connectivity index (χ2n) is 1.74. The molecule has 0 fully saturated rings. The molecular formula is C8H17NO2. The van der Waals surface area contributed by atoms with E-state index in [1.54, 1.807) is 6.92 Å². The van der Waals surface area contributed by atoms with Gasteiger partial charge in [0.15, 0.2) is 0 Å². The van der Waals surface area contributed by atoms with E-state index in [4.69, 9.17) is 5.73 Å². The first-order valence-corrected chi connectivity index (χ1v) is 3.72. The molecule has 3 nitrogen and oxygen atoms in total. The van der Waals surface area contributed by atoms with Crippen LogP contribution in [-0.4, -0.2) is 19.1 Å². The highest BCUT2D eigenvalue weighted by Crippen LogP contribution is 1.74. The third-order valence-electron chi connectivity index (χ3n) is 0.742. The lowest BCUT2D eigenvalue weighted by Crippen LogP contribution is -1.97. The maximum absolute atomic E-state index is 10.1. The van der Waals surface area contributed by atoms with Gasteiger partial charge in [0.05, 0.1) is 6.61 Å². The fourth-order valence-corrected chi connectivity index (χ4v) is 0.201. The van der Waals surface area contributed by atoms with Crippen molar-refractivity contribution in [2.24, 2.45) is 5.73 Å². The van der Waals surface area contributed by atoms with Crippen molar-refractivity contribution in [3.63, 3.8) is 0 Å². The molecule has 0 heterocycles. The van der Waals surface area contributed by atoms with Gasteiger partial charge in [0.1, 0.15) is 0 Å². The van der Waals surface area contributed by atoms with Crippen LogP contribution in [0.1, 0.15) is 20.3 Å². The SMILES string of the molecule is C=CC(=O)OCC.CCCN. The summed E-state index contributed by atoms with van der Waals surface area (Å²) in [6.45, 7) is 8.25. The Kier molecular flexibility index (Phi) is 13.9. The van der Waals surface area contributed by atoms with Gasteiger partial charge in [-0.15, -0.1) is 0 Å². The highest BCUT2D eigenvalue weighted by Gasteiger charge is 1.86. The molecule has 0 aliphatic rings. The number of carbonyl (C=O) groups is 1. The average Bonchev–Trinajstić information content (AvgIpc) is 2.05. The zero-order chi connectivity index (χ0) is 9.11. The molecule has 0 aliphatic heterocycles. The van der Waals surface area contributed by atoms with Crippen LogP contribution in [0.3, 0.4) is 0 Å². The first-order valence-electron chi connectivity index (χ1n) is 3.72. The molecule has 0 unspecified atom stereocenters. The van der Waals surface area contributed by atoms with Gasteiger partial charge in [-0.2, -0.15) is 0 Å². The van der Waals surface area contributed by atoms with Gasteiger partial charge in [-0.25, -0.2) is 4.79 Å². The van der Waals surface area contributed by atoms with E-state index in [9.17, 15) is 4.79 Å². The third kappa shape index (κ3) is 17.6. The average molecular weight is 159 g/mol. The second-order valence-corrected chi connectivity index (χ2v) is 1.74. The largest absolute Gasteiger partial charge is 0.463 e. The number of ether oxygens (including phenoxy) is 1. The molecule has 0 radical (unpaired) electrons. The van der Waals surface area contributed by atoms with Gasteiger partial charge >= 0.3 is 5.97 Å². The van der Waals surface area contributed by atoms with Gasteiger partial charge in [-0.3, -0.25) is 0 Å². The second kappa shape index (κ2) is 11.9. The summed E-state index contributed by atoms with van der Waals surface area (Å²) in [7, 11) is 0. The lowest BCUT2D eigenvalue weighted by atomic mass is 10.5. The maximum atomic E-state index is 10.1. The van der Waals surface area contributed by atoms with Crippen molar-refractivity contribution in [1.82, 2.24) is 0 Å². The highest BCUT2D eigenvalue weighted by atomic mass is 16.5. The molecule has 0 aromatic carbocycles. The molecule has 0 aliphatic carbocycles. The molecule has 0 bridgehead atoms. The first-order chi connectivity index (χ1) is 5.22. The van der Waals surface area contributed by atoms with E-state index in [1.165, 1.54) is 0 Å². The van der Waals surface area contributed by atoms with Gasteiger partial charge in [-0.1, -0.05) is 13.5 Å². The standard InChI is InChI=1S/C5H8O2.C3H9N/c1-3-5(6)7-4-2;1-2-3-4/h3H,1,4H2,2H3;2-4H2,1H3. The summed E-state index contributed by atoms with van der Waals surface area (Å²) >= 11 is 0. The van der Waals surface area contributed by atoms with Crippen LogP contribution in [0.15, 0.2) is 12.7 Å². The van der Waals surface area contributed by atoms with Gasteiger partial charge in [-0.05, 0) is 19.9 Å². The molecule has 0 amide bonds. The van der Waals surface area contributed by atoms with E-state index >= 15 is 0 Å². The van der Waals surface area contributed by atoms with Crippen molar-refractivity contribution < 1.29 is 9.53 Å². The molecule has 0 saturated heterocycles. The number of carbonyl (C=O) groups excluding carboxylic acids is 1. The highest BCUT2D eigenvalue weighted by molar-refractivity contribution is 5.81. The van der Waals surface area contributed by atoms with Crippen molar-refractivity contribution in [3.8, 4) is 0 Å². The van der Waals surface area contributed by atoms with Crippen molar-refractivity contribution in [3.05, 3.63) is 12.7 Å². The summed E-state index contributed by atoms with van der Waals surface area (Å²) in [5, 5.41) is 0. The molecule has 0 rings (SSSR count). The van der Waals surface area contributed by atoms with E-state index in [2.05, 4.69) is 18.2 Å². The summed E-state index contributed by atoms with van der Waals surface area (Å²) in [5.74, 6) is -0.359. The van der Waals surface area contributed by atoms with Gasteiger partial charge in [0, 0.05) is 6.08 Å². The Labute approximate surface area is 68.2 Å². The van der Waals surface area contributed by atoms with Crippen LogP contribution in [0, 0.1) is 0 Å². The molecular weight excluding hydrogens is 142 g/mol. The minimum Gasteiger partial charge on any atom is -0.463 e. The summed E-state index contributed by atoms with van der Waals surface area (Å²) < 4.78 is 4.43. The number of hydrogen-bond acceptors (Lipinski definition) is 3. The van der Waals surface area contributed by atoms with E-state index < -0.39 is 0 Å². The van der Waals surface area contributed by atoms with Gasteiger partial charge in [0.25, 0.3) is 0 Å². The molecule has 0 atom stereocenters. The Morgan fingerprint density at radius 1 is 1.64 bits per heavy atom. The van der Waals surface area contributed by atoms with E-state index in [0.29, 0.717) is 6.61 Å². The van der Waals surface area contributed by atoms with Crippen LogP contribution in [-0.2, 0) is 9.53 Å². The minimum atomic E-state index is -0.359. The predicted octanol–water partition coefficient (Wildman–Crippen LogP) is 1.09. The molecule has 0 aromatic rings. The van der Waals surface area contributed by atoms with Crippen molar-refractivity contribution in [1.29, 1.82) is 0 Å². The minimum absolute atomic E-state index is 0.359. The molecule has 3 heteroatoms. The number of rotatable bonds is 3. The topological polar surface area (TPSA) is 52.3 Å². The van der Waals surface area contributed by atoms with Crippen molar-refractivity contribution >= 4 is 5.97 Å². The van der Waals surface area contributed by atoms with Crippen LogP contribution in [0.4, 0.5) is 0 Å². The Hall–Kier alpha value is -0.830. The smallest absolute Gasteiger partial charge is 0.330 e. The van der Waals surface area contributed by atoms with Gasteiger partial charge in [0.2, 0.25) is 0 Å². The molecule has 66 valence electrons. The Balaban J connectivity index is 0. The third-order valence-corrected chi connectivity index (χ3v) is 0.742. The molecule has 11 heavy (non-hydrogen) atoms. The Morgan fingerprint density at radius 2 is 2.09 bits per heavy atom. The number of nitrogens with two attached hydrogens (primary N) is 1. The monoisotopic (exact) mass is 159 g/mol. The van der Waals surface area contributed by atoms with Crippen LogP contribution in [0.25, 0.3) is 0 Å². The van der Waals surface area contributed by atoms with E-state index in [0.717, 1.165) is 19.0 Å². The van der Waals surface area contributed by atoms with Crippen LogP contribution in [0.5, 0.6) is 0 Å². The number of esters is 1. The van der Waals surface area contributed by atoms with Crippen molar-refractivity contribution in [2.75, 3.05) is 13.2 Å². The first kappa shape index (κ1) is 12.8. The summed E-state index contributed by atoms with van der Waals surface area (Å²) in [5.41, 5.74) is 5.03. The van der Waals surface area contributed by atoms with E-state index in [1.807, 2.05) is 0 Å². The van der Waals surface area contributed by atoms with Crippen molar-refractivity contribution in [2.45, 2.75) is 20.3 Å². The van der Waals surface area contributed by atoms with Crippen LogP contribution >= 0.6 is 0 Å². The molecule has 0 saturated carbocycles. The normalized spacial score (nSPS) is 7.55. The quantitative estimate of drug-likeness (QED) is 0.495. The zero-order valence-electron chi connectivity index (χ0n) is 7.30. The molecule has 0 aromatic heterocycles. The molecule has 2 N–H and O–H groups in total. The lowest BCUT2D eigenvalue weighted by molar-refractivity contribution is -0.137. The fraction of sp³-hybridized carbons (Fsp3) is 0.625. The summed E-state index contributed by atoms with van der Waals surface area (Å²) in [4.78, 5) is 10.1. The van der Waals surface area contributed by atoms with Crippen LogP contribution in [0.2, 0.25) is 0 Å². The summed E-state index contributed by atoms with van der Waals surface area (Å²) in [6.07, 6.45) is 2.24. The Bertz CT molecular complexity index is 100. The maximum Gasteiger partial charge on any atom is 0.330 e. The number of hydrogen-bond donors (Lipinski definition) is 1. The zero-order valence-corrected chi connectivity index (χ0v) is 7.30. The predicted molar refractivity (Wildman–Crippen MR) is 46.2 cm³/mol. The van der Waals surface area contributed by atoms with Gasteiger partial charge < -0.3 is 10.5 Å². The lowest BCUT2D eigenvalue weighted by Gasteiger charge is -1.90. The Morgan fingerprint density at radius 3 is 2.18 bits per heavy atom.